The second kappa shape index (κ2) is 6.89. The first kappa shape index (κ1) is 15.8. The van der Waals surface area contributed by atoms with Crippen molar-refractivity contribution < 1.29 is 9.59 Å². The van der Waals surface area contributed by atoms with Crippen molar-refractivity contribution in [1.82, 2.24) is 5.32 Å². The van der Waals surface area contributed by atoms with E-state index in [1.165, 1.54) is 5.56 Å². The van der Waals surface area contributed by atoms with Crippen LogP contribution < -0.4 is 11.1 Å². The molecule has 0 aliphatic heterocycles. The van der Waals surface area contributed by atoms with Crippen molar-refractivity contribution in [2.75, 3.05) is 0 Å². The van der Waals surface area contributed by atoms with E-state index in [1.54, 1.807) is 24.3 Å². The maximum Gasteiger partial charge on any atom is 0.251 e. The Labute approximate surface area is 130 Å². The number of nitrogens with one attached hydrogen (secondary N) is 1. The first-order chi connectivity index (χ1) is 10.5. The van der Waals surface area contributed by atoms with Crippen molar-refractivity contribution in [1.29, 1.82) is 0 Å². The van der Waals surface area contributed by atoms with E-state index < -0.39 is 5.91 Å². The van der Waals surface area contributed by atoms with Crippen LogP contribution in [0.1, 0.15) is 51.6 Å². The van der Waals surface area contributed by atoms with Gasteiger partial charge in [0.1, 0.15) is 0 Å². The Bertz CT molecular complexity index is 658. The number of hydrogen-bond acceptors (Lipinski definition) is 2. The van der Waals surface area contributed by atoms with Crippen LogP contribution in [0.3, 0.4) is 0 Å². The molecule has 0 saturated carbocycles. The average Bonchev–Trinajstić information content (AvgIpc) is 2.53. The summed E-state index contributed by atoms with van der Waals surface area (Å²) in [5.41, 5.74) is 8.40. The quantitative estimate of drug-likeness (QED) is 0.890. The van der Waals surface area contributed by atoms with Gasteiger partial charge in [0.25, 0.3) is 5.91 Å². The van der Waals surface area contributed by atoms with Gasteiger partial charge in [-0.3, -0.25) is 9.59 Å². The van der Waals surface area contributed by atoms with Crippen LogP contribution >= 0.6 is 0 Å². The lowest BCUT2D eigenvalue weighted by Crippen LogP contribution is -2.22. The molecular formula is C18H20N2O2. The van der Waals surface area contributed by atoms with E-state index in [4.69, 9.17) is 5.73 Å². The van der Waals surface area contributed by atoms with Crippen LogP contribution in [0, 0.1) is 0 Å². The molecule has 0 saturated heterocycles. The van der Waals surface area contributed by atoms with Crippen LogP contribution in [0.2, 0.25) is 0 Å². The zero-order valence-corrected chi connectivity index (χ0v) is 12.8. The molecule has 0 aromatic heterocycles. The Hall–Kier alpha value is -2.62. The molecule has 2 aromatic carbocycles. The van der Waals surface area contributed by atoms with Crippen molar-refractivity contribution in [3.05, 3.63) is 70.8 Å². The van der Waals surface area contributed by atoms with Crippen LogP contribution in [0.5, 0.6) is 0 Å². The summed E-state index contributed by atoms with van der Waals surface area (Å²) in [6.45, 7) is 4.64. The number of rotatable bonds is 5. The van der Waals surface area contributed by atoms with Crippen molar-refractivity contribution >= 4 is 11.8 Å². The fourth-order valence-corrected chi connectivity index (χ4v) is 2.09. The molecule has 0 unspecified atom stereocenters. The molecule has 4 heteroatoms. The highest BCUT2D eigenvalue weighted by Gasteiger charge is 2.07. The fourth-order valence-electron chi connectivity index (χ4n) is 2.09. The molecule has 3 N–H and O–H groups in total. The summed E-state index contributed by atoms with van der Waals surface area (Å²) in [6.07, 6.45) is 0. The van der Waals surface area contributed by atoms with E-state index in [2.05, 4.69) is 19.2 Å². The Morgan fingerprint density at radius 1 is 0.955 bits per heavy atom. The summed E-state index contributed by atoms with van der Waals surface area (Å²) in [7, 11) is 0. The number of nitrogens with two attached hydrogens (primary N) is 1. The predicted octanol–water partition coefficient (Wildman–Crippen LogP) is 2.84. The molecule has 0 radical (unpaired) electrons. The average molecular weight is 296 g/mol. The van der Waals surface area contributed by atoms with Crippen LogP contribution in [0.15, 0.2) is 48.5 Å². The normalized spacial score (nSPS) is 10.5. The SMILES string of the molecule is CC(C)c1ccc(C(=O)NCc2ccc(C(N)=O)cc2)cc1. The van der Waals surface area contributed by atoms with E-state index in [-0.39, 0.29) is 5.91 Å². The molecule has 2 amide bonds. The third-order valence-corrected chi connectivity index (χ3v) is 3.53. The van der Waals surface area contributed by atoms with Gasteiger partial charge in [0.2, 0.25) is 5.91 Å². The third kappa shape index (κ3) is 3.95. The molecule has 0 spiro atoms. The second-order valence-corrected chi connectivity index (χ2v) is 5.52. The summed E-state index contributed by atoms with van der Waals surface area (Å²) in [5, 5.41) is 2.86. The molecule has 22 heavy (non-hydrogen) atoms. The molecule has 2 aromatic rings. The van der Waals surface area contributed by atoms with Crippen LogP contribution in [0.4, 0.5) is 0 Å². The smallest absolute Gasteiger partial charge is 0.251 e. The molecule has 0 heterocycles. The summed E-state index contributed by atoms with van der Waals surface area (Å²) in [4.78, 5) is 23.1. The Kier molecular flexibility index (Phi) is 4.94. The van der Waals surface area contributed by atoms with Gasteiger partial charge in [0, 0.05) is 17.7 Å². The van der Waals surface area contributed by atoms with Gasteiger partial charge in [-0.1, -0.05) is 38.1 Å². The van der Waals surface area contributed by atoms with Gasteiger partial charge in [-0.15, -0.1) is 0 Å². The fraction of sp³-hybridized carbons (Fsp3) is 0.222. The minimum absolute atomic E-state index is 0.116. The monoisotopic (exact) mass is 296 g/mol. The zero-order valence-electron chi connectivity index (χ0n) is 12.8. The minimum atomic E-state index is -0.458. The zero-order chi connectivity index (χ0) is 16.1. The minimum Gasteiger partial charge on any atom is -0.366 e. The van der Waals surface area contributed by atoms with E-state index in [1.807, 2.05) is 24.3 Å². The van der Waals surface area contributed by atoms with E-state index >= 15 is 0 Å². The first-order valence-electron chi connectivity index (χ1n) is 7.24. The molecule has 0 fully saturated rings. The lowest BCUT2D eigenvalue weighted by Gasteiger charge is -2.08. The van der Waals surface area contributed by atoms with Gasteiger partial charge < -0.3 is 11.1 Å². The van der Waals surface area contributed by atoms with Gasteiger partial charge >= 0.3 is 0 Å². The molecule has 2 rings (SSSR count). The summed E-state index contributed by atoms with van der Waals surface area (Å²) in [6, 6.07) is 14.5. The Balaban J connectivity index is 1.96. The summed E-state index contributed by atoms with van der Waals surface area (Å²) >= 11 is 0. The third-order valence-electron chi connectivity index (χ3n) is 3.53. The molecule has 0 atom stereocenters. The van der Waals surface area contributed by atoms with E-state index in [9.17, 15) is 9.59 Å². The number of amides is 2. The number of carbonyl (C=O) groups excluding carboxylic acids is 2. The van der Waals surface area contributed by atoms with Crippen molar-refractivity contribution in [3.63, 3.8) is 0 Å². The highest BCUT2D eigenvalue weighted by molar-refractivity contribution is 5.94. The van der Waals surface area contributed by atoms with Crippen LogP contribution in [-0.4, -0.2) is 11.8 Å². The van der Waals surface area contributed by atoms with Crippen molar-refractivity contribution in [3.8, 4) is 0 Å². The number of carbonyl (C=O) groups is 2. The van der Waals surface area contributed by atoms with Crippen LogP contribution in [-0.2, 0) is 6.54 Å². The van der Waals surface area contributed by atoms with Gasteiger partial charge in [0.15, 0.2) is 0 Å². The van der Waals surface area contributed by atoms with Crippen molar-refractivity contribution in [2.24, 2.45) is 5.73 Å². The summed E-state index contributed by atoms with van der Waals surface area (Å²) in [5.74, 6) is -0.129. The lowest BCUT2D eigenvalue weighted by molar-refractivity contribution is 0.0949. The molecular weight excluding hydrogens is 276 g/mol. The van der Waals surface area contributed by atoms with E-state index in [0.29, 0.717) is 23.6 Å². The molecule has 0 aliphatic rings. The highest BCUT2D eigenvalue weighted by atomic mass is 16.2. The molecule has 0 aliphatic carbocycles. The van der Waals surface area contributed by atoms with Crippen molar-refractivity contribution in [2.45, 2.75) is 26.3 Å². The maximum absolute atomic E-state index is 12.1. The number of benzene rings is 2. The van der Waals surface area contributed by atoms with Gasteiger partial charge in [-0.25, -0.2) is 0 Å². The maximum atomic E-state index is 12.1. The molecule has 0 bridgehead atoms. The second-order valence-electron chi connectivity index (χ2n) is 5.52. The van der Waals surface area contributed by atoms with Crippen LogP contribution in [0.25, 0.3) is 0 Å². The van der Waals surface area contributed by atoms with E-state index in [0.717, 1.165) is 5.56 Å². The largest absolute Gasteiger partial charge is 0.366 e. The Morgan fingerprint density at radius 2 is 1.50 bits per heavy atom. The standard InChI is InChI=1S/C18H20N2O2/c1-12(2)14-7-9-16(10-8-14)18(22)20-11-13-3-5-15(6-4-13)17(19)21/h3-10,12H,11H2,1-2H3,(H2,19,21)(H,20,22). The Morgan fingerprint density at radius 3 is 2.00 bits per heavy atom. The predicted molar refractivity (Wildman–Crippen MR) is 86.7 cm³/mol. The number of primary amides is 1. The molecule has 4 nitrogen and oxygen atoms in total. The number of hydrogen-bond donors (Lipinski definition) is 2. The topological polar surface area (TPSA) is 72.2 Å². The molecule has 114 valence electrons. The highest BCUT2D eigenvalue weighted by Crippen LogP contribution is 2.14. The van der Waals surface area contributed by atoms with Gasteiger partial charge in [-0.05, 0) is 41.3 Å². The summed E-state index contributed by atoms with van der Waals surface area (Å²) < 4.78 is 0. The lowest BCUT2D eigenvalue weighted by atomic mass is 10.0. The van der Waals surface area contributed by atoms with Gasteiger partial charge in [-0.2, -0.15) is 0 Å². The first-order valence-corrected chi connectivity index (χ1v) is 7.24. The van der Waals surface area contributed by atoms with Gasteiger partial charge in [0.05, 0.1) is 0 Å².